The highest BCUT2D eigenvalue weighted by molar-refractivity contribution is 8.04. The second-order valence-electron chi connectivity index (χ2n) is 8.38. The van der Waals surface area contributed by atoms with Crippen molar-refractivity contribution >= 4 is 35.2 Å². The summed E-state index contributed by atoms with van der Waals surface area (Å²) < 4.78 is 0. The molecular formula is C20H38N2O2S2. The average molecular weight is 403 g/mol. The summed E-state index contributed by atoms with van der Waals surface area (Å²) in [6.45, 7) is 12.0. The Kier molecular flexibility index (Phi) is 11.3. The largest absolute Gasteiger partial charge is 0.355 e. The van der Waals surface area contributed by atoms with E-state index in [2.05, 4.69) is 36.2 Å². The van der Waals surface area contributed by atoms with Crippen LogP contribution >= 0.6 is 23.5 Å². The van der Waals surface area contributed by atoms with Gasteiger partial charge < -0.3 is 10.6 Å². The molecule has 0 aromatic rings. The van der Waals surface area contributed by atoms with Gasteiger partial charge in [0.05, 0.1) is 0 Å². The Labute approximate surface area is 168 Å². The molecule has 0 aromatic carbocycles. The van der Waals surface area contributed by atoms with Crippen molar-refractivity contribution in [3.63, 3.8) is 0 Å². The first kappa shape index (κ1) is 23.8. The van der Waals surface area contributed by atoms with Gasteiger partial charge in [-0.15, -0.1) is 0 Å². The van der Waals surface area contributed by atoms with Crippen LogP contribution in [0.2, 0.25) is 0 Å². The number of hydrogen-bond donors (Lipinski definition) is 2. The van der Waals surface area contributed by atoms with Crippen LogP contribution in [0.15, 0.2) is 0 Å². The lowest BCUT2D eigenvalue weighted by molar-refractivity contribution is -0.126. The molecule has 0 radical (unpaired) electrons. The minimum absolute atomic E-state index is 0.0756. The highest BCUT2D eigenvalue weighted by Gasteiger charge is 2.31. The van der Waals surface area contributed by atoms with Crippen LogP contribution in [0.25, 0.3) is 0 Å². The van der Waals surface area contributed by atoms with Crippen molar-refractivity contribution in [1.29, 1.82) is 0 Å². The smallest absolute Gasteiger partial charge is 0.220 e. The first-order valence-electron chi connectivity index (χ1n) is 9.96. The molecule has 0 aromatic heterocycles. The van der Waals surface area contributed by atoms with Crippen molar-refractivity contribution in [1.82, 2.24) is 10.6 Å². The van der Waals surface area contributed by atoms with Gasteiger partial charge in [0.1, 0.15) is 5.78 Å². The van der Waals surface area contributed by atoms with E-state index >= 15 is 0 Å². The van der Waals surface area contributed by atoms with Crippen LogP contribution in [0.4, 0.5) is 0 Å². The average Bonchev–Trinajstić information content (AvgIpc) is 2.51. The van der Waals surface area contributed by atoms with Gasteiger partial charge in [0.15, 0.2) is 0 Å². The predicted molar refractivity (Wildman–Crippen MR) is 116 cm³/mol. The molecule has 26 heavy (non-hydrogen) atoms. The maximum absolute atomic E-state index is 11.9. The fourth-order valence-corrected chi connectivity index (χ4v) is 5.49. The molecule has 2 N–H and O–H groups in total. The molecule has 2 unspecified atom stereocenters. The molecule has 0 aliphatic heterocycles. The van der Waals surface area contributed by atoms with Gasteiger partial charge in [-0.25, -0.2) is 0 Å². The molecule has 1 saturated carbocycles. The predicted octanol–water partition coefficient (Wildman–Crippen LogP) is 3.88. The Morgan fingerprint density at radius 2 is 1.58 bits per heavy atom. The van der Waals surface area contributed by atoms with E-state index in [1.165, 1.54) is 18.6 Å². The molecule has 1 fully saturated rings. The van der Waals surface area contributed by atoms with Gasteiger partial charge in [-0.2, -0.15) is 23.5 Å². The zero-order valence-corrected chi connectivity index (χ0v) is 18.9. The van der Waals surface area contributed by atoms with E-state index in [9.17, 15) is 9.59 Å². The van der Waals surface area contributed by atoms with Crippen molar-refractivity contribution in [2.75, 3.05) is 24.6 Å². The van der Waals surface area contributed by atoms with Crippen LogP contribution in [0.1, 0.15) is 66.7 Å². The van der Waals surface area contributed by atoms with Crippen LogP contribution in [0, 0.1) is 5.41 Å². The van der Waals surface area contributed by atoms with E-state index in [1.807, 2.05) is 32.5 Å². The number of carbonyl (C=O) groups excluding carboxylic acids is 2. The topological polar surface area (TPSA) is 58.2 Å². The monoisotopic (exact) mass is 402 g/mol. The van der Waals surface area contributed by atoms with Gasteiger partial charge in [-0.1, -0.05) is 34.6 Å². The summed E-state index contributed by atoms with van der Waals surface area (Å²) in [5.41, 5.74) is -0.296. The molecule has 1 aliphatic rings. The summed E-state index contributed by atoms with van der Waals surface area (Å²) in [6, 6.07) is 0.567. The van der Waals surface area contributed by atoms with E-state index in [4.69, 9.17) is 0 Å². The maximum atomic E-state index is 11.9. The molecule has 0 spiro atoms. The third-order valence-electron chi connectivity index (χ3n) is 4.54. The number of Topliss-reactive ketones (excluding diaryl/α,β-unsaturated/α-hetero) is 1. The first-order valence-corrected chi connectivity index (χ1v) is 12.1. The van der Waals surface area contributed by atoms with E-state index in [0.29, 0.717) is 25.3 Å². The lowest BCUT2D eigenvalue weighted by Gasteiger charge is -2.35. The van der Waals surface area contributed by atoms with Crippen LogP contribution in [-0.2, 0) is 9.59 Å². The number of thioether (sulfide) groups is 2. The summed E-state index contributed by atoms with van der Waals surface area (Å²) in [4.78, 5) is 23.7. The summed E-state index contributed by atoms with van der Waals surface area (Å²) in [5.74, 6) is 2.48. The SMILES string of the molecule is CC(C)NCCSC1CCC1SCCNC(=O)CCCC(=O)C(C)(C)C. The summed E-state index contributed by atoms with van der Waals surface area (Å²) in [7, 11) is 0. The number of rotatable bonds is 13. The third kappa shape index (κ3) is 10.2. The summed E-state index contributed by atoms with van der Waals surface area (Å²) in [5, 5.41) is 7.99. The molecule has 1 amide bonds. The van der Waals surface area contributed by atoms with Crippen LogP contribution < -0.4 is 10.6 Å². The molecule has 0 heterocycles. The molecule has 1 rings (SSSR count). The minimum Gasteiger partial charge on any atom is -0.355 e. The minimum atomic E-state index is -0.296. The molecule has 2 atom stereocenters. The summed E-state index contributed by atoms with van der Waals surface area (Å²) in [6.07, 6.45) is 4.25. The number of carbonyl (C=O) groups is 2. The number of amides is 1. The van der Waals surface area contributed by atoms with Gasteiger partial charge >= 0.3 is 0 Å². The van der Waals surface area contributed by atoms with Gasteiger partial charge in [0, 0.05) is 59.4 Å². The molecule has 1 aliphatic carbocycles. The van der Waals surface area contributed by atoms with Gasteiger partial charge in [-0.05, 0) is 19.3 Å². The Morgan fingerprint density at radius 1 is 1.00 bits per heavy atom. The van der Waals surface area contributed by atoms with Crippen LogP contribution in [-0.4, -0.2) is 52.8 Å². The third-order valence-corrected chi connectivity index (χ3v) is 7.57. The van der Waals surface area contributed by atoms with Crippen molar-refractivity contribution in [3.8, 4) is 0 Å². The zero-order chi connectivity index (χ0) is 19.6. The zero-order valence-electron chi connectivity index (χ0n) is 17.2. The second-order valence-corrected chi connectivity index (χ2v) is 11.1. The van der Waals surface area contributed by atoms with Crippen molar-refractivity contribution < 1.29 is 9.59 Å². The summed E-state index contributed by atoms with van der Waals surface area (Å²) >= 11 is 4.09. The highest BCUT2D eigenvalue weighted by Crippen LogP contribution is 2.39. The molecule has 152 valence electrons. The van der Waals surface area contributed by atoms with Crippen molar-refractivity contribution in [2.24, 2.45) is 5.41 Å². The molecule has 4 nitrogen and oxygen atoms in total. The van der Waals surface area contributed by atoms with Crippen molar-refractivity contribution in [2.45, 2.75) is 83.3 Å². The highest BCUT2D eigenvalue weighted by atomic mass is 32.2. The Bertz CT molecular complexity index is 436. The Balaban J connectivity index is 2.01. The van der Waals surface area contributed by atoms with Crippen LogP contribution in [0.5, 0.6) is 0 Å². The number of hydrogen-bond acceptors (Lipinski definition) is 5. The first-order chi connectivity index (χ1) is 12.2. The second kappa shape index (κ2) is 12.3. The lowest BCUT2D eigenvalue weighted by atomic mass is 9.88. The fraction of sp³-hybridized carbons (Fsp3) is 0.900. The van der Waals surface area contributed by atoms with Gasteiger partial charge in [-0.3, -0.25) is 9.59 Å². The number of ketones is 1. The van der Waals surface area contributed by atoms with Crippen molar-refractivity contribution in [3.05, 3.63) is 0 Å². The molecule has 6 heteroatoms. The quantitative estimate of drug-likeness (QED) is 0.458. The lowest BCUT2D eigenvalue weighted by Crippen LogP contribution is -2.34. The standard InChI is InChI=1S/C20H38N2O2S2/c1-15(2)21-11-13-25-16-9-10-17(16)26-14-12-22-19(24)8-6-7-18(23)20(3,4)5/h15-17,21H,6-14H2,1-5H3,(H,22,24). The Hall–Kier alpha value is -0.200. The molecule has 0 bridgehead atoms. The fourth-order valence-electron chi connectivity index (χ4n) is 2.65. The van der Waals surface area contributed by atoms with Gasteiger partial charge in [0.2, 0.25) is 5.91 Å². The maximum Gasteiger partial charge on any atom is 0.220 e. The van der Waals surface area contributed by atoms with Crippen LogP contribution in [0.3, 0.4) is 0 Å². The Morgan fingerprint density at radius 3 is 2.08 bits per heavy atom. The van der Waals surface area contributed by atoms with E-state index < -0.39 is 0 Å². The molecule has 0 saturated heterocycles. The van der Waals surface area contributed by atoms with E-state index in [1.54, 1.807) is 0 Å². The van der Waals surface area contributed by atoms with E-state index in [0.717, 1.165) is 29.3 Å². The van der Waals surface area contributed by atoms with E-state index in [-0.39, 0.29) is 17.1 Å². The normalized spacial score (nSPS) is 20.1. The van der Waals surface area contributed by atoms with Gasteiger partial charge in [0.25, 0.3) is 0 Å². The molecular weight excluding hydrogens is 364 g/mol. The number of nitrogens with one attached hydrogen (secondary N) is 2.